The highest BCUT2D eigenvalue weighted by Crippen LogP contribution is 2.22. The number of nitrogens with zero attached hydrogens (tertiary/aromatic N) is 2. The number of anilines is 1. The van der Waals surface area contributed by atoms with Gasteiger partial charge in [-0.2, -0.15) is 0 Å². The van der Waals surface area contributed by atoms with Crippen LogP contribution in [0.1, 0.15) is 11.1 Å². The number of aromatic nitrogens is 2. The zero-order valence-corrected chi connectivity index (χ0v) is 14.8. The smallest absolute Gasteiger partial charge is 0.138 e. The predicted octanol–water partition coefficient (Wildman–Crippen LogP) is 4.70. The molecule has 126 valence electrons. The van der Waals surface area contributed by atoms with Crippen molar-refractivity contribution >= 4 is 16.7 Å². The summed E-state index contributed by atoms with van der Waals surface area (Å²) in [5.41, 5.74) is 6.06. The highest BCUT2D eigenvalue weighted by atomic mass is 15.1. The molecule has 0 radical (unpaired) electrons. The SMILES string of the molecule is CN(C)c1ccc(C#Cc2cccc3[nH]c(-c4ccccc4)nc23)cc1. The lowest BCUT2D eigenvalue weighted by Gasteiger charge is -2.11. The van der Waals surface area contributed by atoms with E-state index in [-0.39, 0.29) is 0 Å². The fourth-order valence-electron chi connectivity index (χ4n) is 2.85. The third-order valence-corrected chi connectivity index (χ3v) is 4.29. The number of H-pyrrole nitrogens is 1. The maximum Gasteiger partial charge on any atom is 0.138 e. The van der Waals surface area contributed by atoms with E-state index in [1.807, 2.05) is 62.6 Å². The van der Waals surface area contributed by atoms with Crippen molar-refractivity contribution in [1.29, 1.82) is 0 Å². The maximum absolute atomic E-state index is 4.77. The molecule has 0 aliphatic heterocycles. The Morgan fingerprint density at radius 1 is 0.808 bits per heavy atom. The van der Waals surface area contributed by atoms with Crippen LogP contribution in [0.5, 0.6) is 0 Å². The van der Waals surface area contributed by atoms with Gasteiger partial charge in [-0.3, -0.25) is 0 Å². The Labute approximate surface area is 153 Å². The summed E-state index contributed by atoms with van der Waals surface area (Å²) in [6.07, 6.45) is 0. The van der Waals surface area contributed by atoms with Gasteiger partial charge in [0.2, 0.25) is 0 Å². The van der Waals surface area contributed by atoms with Gasteiger partial charge in [-0.05, 0) is 36.4 Å². The zero-order chi connectivity index (χ0) is 17.9. The molecule has 0 atom stereocenters. The maximum atomic E-state index is 4.77. The molecule has 1 N–H and O–H groups in total. The summed E-state index contributed by atoms with van der Waals surface area (Å²) in [7, 11) is 4.06. The molecular weight excluding hydrogens is 318 g/mol. The lowest BCUT2D eigenvalue weighted by atomic mass is 10.1. The largest absolute Gasteiger partial charge is 0.378 e. The van der Waals surface area contributed by atoms with Gasteiger partial charge >= 0.3 is 0 Å². The first kappa shape index (κ1) is 16.0. The van der Waals surface area contributed by atoms with E-state index in [0.717, 1.165) is 39.2 Å². The van der Waals surface area contributed by atoms with Gasteiger partial charge in [-0.15, -0.1) is 0 Å². The number of para-hydroxylation sites is 1. The van der Waals surface area contributed by atoms with Crippen LogP contribution >= 0.6 is 0 Å². The summed E-state index contributed by atoms with van der Waals surface area (Å²) < 4.78 is 0. The minimum absolute atomic E-state index is 0.866. The number of benzene rings is 3. The Bertz CT molecular complexity index is 1100. The van der Waals surface area contributed by atoms with Gasteiger partial charge < -0.3 is 9.88 Å². The Hall–Kier alpha value is -3.51. The van der Waals surface area contributed by atoms with Crippen LogP contribution in [0.15, 0.2) is 72.8 Å². The Balaban J connectivity index is 1.70. The molecule has 1 heterocycles. The number of nitrogens with one attached hydrogen (secondary N) is 1. The molecule has 0 aliphatic carbocycles. The van der Waals surface area contributed by atoms with Crippen LogP contribution in [0.25, 0.3) is 22.4 Å². The Morgan fingerprint density at radius 2 is 1.58 bits per heavy atom. The second kappa shape index (κ2) is 6.78. The fraction of sp³-hybridized carbons (Fsp3) is 0.0870. The summed E-state index contributed by atoms with van der Waals surface area (Å²) in [5, 5.41) is 0. The number of aromatic amines is 1. The molecule has 0 fully saturated rings. The Morgan fingerprint density at radius 3 is 2.31 bits per heavy atom. The van der Waals surface area contributed by atoms with Crippen LogP contribution in [-0.4, -0.2) is 24.1 Å². The molecule has 0 amide bonds. The lowest BCUT2D eigenvalue weighted by Crippen LogP contribution is -2.07. The van der Waals surface area contributed by atoms with E-state index in [1.165, 1.54) is 0 Å². The molecule has 0 spiro atoms. The third-order valence-electron chi connectivity index (χ3n) is 4.29. The van der Waals surface area contributed by atoms with Gasteiger partial charge in [0.25, 0.3) is 0 Å². The van der Waals surface area contributed by atoms with Crippen LogP contribution in [0.2, 0.25) is 0 Å². The van der Waals surface area contributed by atoms with E-state index >= 15 is 0 Å². The van der Waals surface area contributed by atoms with Crippen LogP contribution in [0.4, 0.5) is 5.69 Å². The molecule has 4 rings (SSSR count). The second-order valence-corrected chi connectivity index (χ2v) is 6.34. The molecule has 3 heteroatoms. The van der Waals surface area contributed by atoms with Crippen LogP contribution < -0.4 is 4.90 Å². The normalized spacial score (nSPS) is 10.4. The van der Waals surface area contributed by atoms with E-state index in [1.54, 1.807) is 0 Å². The van der Waals surface area contributed by atoms with E-state index in [4.69, 9.17) is 4.98 Å². The molecule has 0 bridgehead atoms. The van der Waals surface area contributed by atoms with Crippen molar-refractivity contribution in [3.8, 4) is 23.2 Å². The van der Waals surface area contributed by atoms with Crippen molar-refractivity contribution in [2.75, 3.05) is 19.0 Å². The predicted molar refractivity (Wildman–Crippen MR) is 108 cm³/mol. The van der Waals surface area contributed by atoms with Gasteiger partial charge in [0, 0.05) is 30.9 Å². The quantitative estimate of drug-likeness (QED) is 0.538. The van der Waals surface area contributed by atoms with Crippen molar-refractivity contribution in [2.45, 2.75) is 0 Å². The van der Waals surface area contributed by atoms with Gasteiger partial charge in [-0.25, -0.2) is 4.98 Å². The van der Waals surface area contributed by atoms with E-state index in [2.05, 4.69) is 46.0 Å². The molecule has 4 aromatic rings. The average molecular weight is 337 g/mol. The summed E-state index contributed by atoms with van der Waals surface area (Å²) in [6.45, 7) is 0. The number of imidazole rings is 1. The molecule has 3 aromatic carbocycles. The summed E-state index contributed by atoms with van der Waals surface area (Å²) in [6, 6.07) is 24.4. The van der Waals surface area contributed by atoms with Crippen LogP contribution in [-0.2, 0) is 0 Å². The molecular formula is C23H19N3. The molecule has 0 saturated carbocycles. The van der Waals surface area contributed by atoms with Crippen molar-refractivity contribution in [3.63, 3.8) is 0 Å². The first-order valence-electron chi connectivity index (χ1n) is 8.54. The zero-order valence-electron chi connectivity index (χ0n) is 14.8. The first-order valence-corrected chi connectivity index (χ1v) is 8.54. The van der Waals surface area contributed by atoms with Crippen molar-refractivity contribution < 1.29 is 0 Å². The summed E-state index contributed by atoms with van der Waals surface area (Å²) in [4.78, 5) is 10.2. The standard InChI is InChI=1S/C23H19N3/c1-26(2)20-15-12-17(13-16-20)11-14-18-9-6-10-21-22(18)25-23(24-21)19-7-4-3-5-8-19/h3-10,12-13,15-16H,1-2H3,(H,24,25). The topological polar surface area (TPSA) is 31.9 Å². The Kier molecular flexibility index (Phi) is 4.17. The van der Waals surface area contributed by atoms with Gasteiger partial charge in [0.1, 0.15) is 11.3 Å². The second-order valence-electron chi connectivity index (χ2n) is 6.34. The monoisotopic (exact) mass is 337 g/mol. The van der Waals surface area contributed by atoms with Gasteiger partial charge in [0.15, 0.2) is 0 Å². The van der Waals surface area contributed by atoms with E-state index < -0.39 is 0 Å². The lowest BCUT2D eigenvalue weighted by molar-refractivity contribution is 1.13. The molecule has 3 nitrogen and oxygen atoms in total. The van der Waals surface area contributed by atoms with Crippen LogP contribution in [0, 0.1) is 11.8 Å². The van der Waals surface area contributed by atoms with E-state index in [9.17, 15) is 0 Å². The molecule has 0 unspecified atom stereocenters. The van der Waals surface area contributed by atoms with Crippen molar-refractivity contribution in [1.82, 2.24) is 9.97 Å². The highest BCUT2D eigenvalue weighted by molar-refractivity contribution is 5.85. The van der Waals surface area contributed by atoms with Gasteiger partial charge in [-0.1, -0.05) is 48.2 Å². The highest BCUT2D eigenvalue weighted by Gasteiger charge is 2.07. The summed E-state index contributed by atoms with van der Waals surface area (Å²) in [5.74, 6) is 7.38. The first-order chi connectivity index (χ1) is 12.7. The van der Waals surface area contributed by atoms with Gasteiger partial charge in [0.05, 0.1) is 11.1 Å². The fourth-order valence-corrected chi connectivity index (χ4v) is 2.85. The summed E-state index contributed by atoms with van der Waals surface area (Å²) >= 11 is 0. The number of hydrogen-bond acceptors (Lipinski definition) is 2. The number of hydrogen-bond donors (Lipinski definition) is 1. The van der Waals surface area contributed by atoms with Crippen molar-refractivity contribution in [3.05, 3.63) is 83.9 Å². The number of rotatable bonds is 2. The number of fused-ring (bicyclic) bond motifs is 1. The minimum Gasteiger partial charge on any atom is -0.378 e. The minimum atomic E-state index is 0.866. The average Bonchev–Trinajstić information content (AvgIpc) is 3.12. The molecule has 0 aliphatic rings. The third kappa shape index (κ3) is 3.18. The molecule has 26 heavy (non-hydrogen) atoms. The van der Waals surface area contributed by atoms with Crippen LogP contribution in [0.3, 0.4) is 0 Å². The molecule has 1 aromatic heterocycles. The van der Waals surface area contributed by atoms with E-state index in [0.29, 0.717) is 0 Å². The molecule has 0 saturated heterocycles. The van der Waals surface area contributed by atoms with Crippen molar-refractivity contribution in [2.24, 2.45) is 0 Å².